The zero-order valence-corrected chi connectivity index (χ0v) is 13.6. The van der Waals surface area contributed by atoms with Crippen LogP contribution in [-0.4, -0.2) is 33.3 Å². The summed E-state index contributed by atoms with van der Waals surface area (Å²) in [5.74, 6) is -0.395. The second kappa shape index (κ2) is 6.75. The molecule has 1 aliphatic carbocycles. The molecule has 1 aromatic rings. The summed E-state index contributed by atoms with van der Waals surface area (Å²) in [7, 11) is 0. The molecule has 0 aromatic heterocycles. The van der Waals surface area contributed by atoms with Crippen molar-refractivity contribution in [1.82, 2.24) is 10.6 Å². The lowest BCUT2D eigenvalue weighted by atomic mass is 9.91. The number of phenols is 1. The van der Waals surface area contributed by atoms with Crippen LogP contribution < -0.4 is 10.6 Å². The fourth-order valence-corrected chi connectivity index (χ4v) is 3.13. The summed E-state index contributed by atoms with van der Waals surface area (Å²) in [5.41, 5.74) is 0.837. The van der Waals surface area contributed by atoms with E-state index < -0.39 is 10.4 Å². The minimum absolute atomic E-state index is 0.0708. The Labute approximate surface area is 139 Å². The van der Waals surface area contributed by atoms with Gasteiger partial charge in [0.1, 0.15) is 16.1 Å². The number of hydrogen-bond acceptors (Lipinski definition) is 3. The van der Waals surface area contributed by atoms with Crippen molar-refractivity contribution in [3.8, 4) is 5.75 Å². The molecule has 0 saturated heterocycles. The quantitative estimate of drug-likeness (QED) is 0.713. The first-order valence-corrected chi connectivity index (χ1v) is 7.74. The van der Waals surface area contributed by atoms with Gasteiger partial charge in [-0.15, -0.1) is 23.2 Å². The number of carbonyl (C=O) groups is 2. The third-order valence-electron chi connectivity index (χ3n) is 3.51. The molecule has 3 N–H and O–H groups in total. The van der Waals surface area contributed by atoms with Crippen molar-refractivity contribution in [1.29, 1.82) is 0 Å². The maximum absolute atomic E-state index is 12.3. The molecule has 2 rings (SSSR count). The second-order valence-corrected chi connectivity index (χ2v) is 7.23. The molecule has 22 heavy (non-hydrogen) atoms. The number of aromatic hydroxyl groups is 1. The highest BCUT2D eigenvalue weighted by Gasteiger charge is 2.42. The Bertz CT molecular complexity index is 552. The molecule has 2 amide bonds. The van der Waals surface area contributed by atoms with Gasteiger partial charge in [0.15, 0.2) is 0 Å². The number of rotatable bonds is 5. The van der Waals surface area contributed by atoms with Crippen molar-refractivity contribution in [2.24, 2.45) is 0 Å². The zero-order valence-electron chi connectivity index (χ0n) is 12.1. The van der Waals surface area contributed by atoms with Crippen LogP contribution in [0.25, 0.3) is 0 Å². The van der Waals surface area contributed by atoms with Crippen molar-refractivity contribution in [2.75, 3.05) is 0 Å². The summed E-state index contributed by atoms with van der Waals surface area (Å²) in [4.78, 5) is 23.6. The van der Waals surface area contributed by atoms with Crippen LogP contribution in [0.5, 0.6) is 5.75 Å². The van der Waals surface area contributed by atoms with E-state index in [-0.39, 0.29) is 23.6 Å². The summed E-state index contributed by atoms with van der Waals surface area (Å²) in [6, 6.07) is 5.76. The molecule has 5 nitrogen and oxygen atoms in total. The van der Waals surface area contributed by atoms with Gasteiger partial charge in [-0.05, 0) is 17.7 Å². The molecule has 1 saturated carbocycles. The minimum atomic E-state index is -0.765. The lowest BCUT2D eigenvalue weighted by Gasteiger charge is -2.39. The summed E-state index contributed by atoms with van der Waals surface area (Å²) in [5, 5.41) is 14.8. The van der Waals surface area contributed by atoms with Gasteiger partial charge in [-0.2, -0.15) is 0 Å². The van der Waals surface area contributed by atoms with Gasteiger partial charge >= 0.3 is 0 Å². The lowest BCUT2D eigenvalue weighted by molar-refractivity contribution is -0.128. The fraction of sp³-hybridized carbons (Fsp3) is 0.467. The SMILES string of the molecule is CC(=O)N[C@@H](Cc1ccc(O)cc1)C(=O)NC1CC(Cl)(Cl)C1. The Balaban J connectivity index is 1.97. The maximum atomic E-state index is 12.3. The van der Waals surface area contributed by atoms with E-state index in [0.29, 0.717) is 19.3 Å². The standard InChI is InChI=1S/C15H18Cl2N2O3/c1-9(20)18-13(6-10-2-4-12(21)5-3-10)14(22)19-11-7-15(16,17)8-11/h2-5,11,13,21H,6-8H2,1H3,(H,18,20)(H,19,22)/t13-/m0/s1. The Hall–Kier alpha value is -1.46. The number of nitrogens with one attached hydrogen (secondary N) is 2. The van der Waals surface area contributed by atoms with Gasteiger partial charge in [0, 0.05) is 32.2 Å². The van der Waals surface area contributed by atoms with Crippen LogP contribution >= 0.6 is 23.2 Å². The molecule has 1 fully saturated rings. The maximum Gasteiger partial charge on any atom is 0.243 e. The van der Waals surface area contributed by atoms with E-state index in [0.717, 1.165) is 5.56 Å². The highest BCUT2D eigenvalue weighted by molar-refractivity contribution is 6.49. The third-order valence-corrected chi connectivity index (χ3v) is 4.12. The van der Waals surface area contributed by atoms with E-state index >= 15 is 0 Å². The summed E-state index contributed by atoms with van der Waals surface area (Å²) in [6.07, 6.45) is 1.33. The molecular weight excluding hydrogens is 327 g/mol. The van der Waals surface area contributed by atoms with Crippen molar-refractivity contribution in [3.63, 3.8) is 0 Å². The van der Waals surface area contributed by atoms with Gasteiger partial charge in [-0.3, -0.25) is 9.59 Å². The van der Waals surface area contributed by atoms with Crippen molar-refractivity contribution >= 4 is 35.0 Å². The van der Waals surface area contributed by atoms with E-state index in [2.05, 4.69) is 10.6 Å². The number of benzene rings is 1. The van der Waals surface area contributed by atoms with Crippen LogP contribution in [0.3, 0.4) is 0 Å². The van der Waals surface area contributed by atoms with Crippen molar-refractivity contribution in [2.45, 2.75) is 42.6 Å². The predicted molar refractivity (Wildman–Crippen MR) is 85.0 cm³/mol. The fourth-order valence-electron chi connectivity index (χ4n) is 2.39. The van der Waals surface area contributed by atoms with Crippen LogP contribution in [0.15, 0.2) is 24.3 Å². The smallest absolute Gasteiger partial charge is 0.243 e. The number of halogens is 2. The normalized spacial score (nSPS) is 18.1. The third kappa shape index (κ3) is 4.78. The number of alkyl halides is 2. The van der Waals surface area contributed by atoms with Gasteiger partial charge in [0.2, 0.25) is 11.8 Å². The first-order valence-electron chi connectivity index (χ1n) is 6.98. The Morgan fingerprint density at radius 2 is 1.91 bits per heavy atom. The largest absolute Gasteiger partial charge is 0.508 e. The molecule has 0 radical (unpaired) electrons. The second-order valence-electron chi connectivity index (χ2n) is 5.59. The van der Waals surface area contributed by atoms with Crippen molar-refractivity contribution < 1.29 is 14.7 Å². The van der Waals surface area contributed by atoms with Crippen LogP contribution in [0.1, 0.15) is 25.3 Å². The molecule has 1 aliphatic rings. The van der Waals surface area contributed by atoms with E-state index in [1.54, 1.807) is 24.3 Å². The average molecular weight is 345 g/mol. The molecule has 0 spiro atoms. The number of phenolic OH excluding ortho intramolecular Hbond substituents is 1. The summed E-state index contributed by atoms with van der Waals surface area (Å²) < 4.78 is -0.765. The molecule has 0 heterocycles. The molecule has 0 unspecified atom stereocenters. The number of amides is 2. The average Bonchev–Trinajstić information content (AvgIpc) is 2.38. The number of carbonyl (C=O) groups excluding carboxylic acids is 2. The van der Waals surface area contributed by atoms with Crippen LogP contribution in [-0.2, 0) is 16.0 Å². The van der Waals surface area contributed by atoms with Gasteiger partial charge < -0.3 is 15.7 Å². The Morgan fingerprint density at radius 3 is 2.41 bits per heavy atom. The van der Waals surface area contributed by atoms with Gasteiger partial charge in [0.05, 0.1) is 0 Å². The first-order chi connectivity index (χ1) is 10.2. The van der Waals surface area contributed by atoms with Gasteiger partial charge in [0.25, 0.3) is 0 Å². The van der Waals surface area contributed by atoms with Crippen LogP contribution in [0.2, 0.25) is 0 Å². The predicted octanol–water partition coefficient (Wildman–Crippen LogP) is 1.89. The highest BCUT2D eigenvalue weighted by Crippen LogP contribution is 2.42. The molecular formula is C15H18Cl2N2O3. The van der Waals surface area contributed by atoms with Crippen LogP contribution in [0, 0.1) is 0 Å². The van der Waals surface area contributed by atoms with E-state index in [1.807, 2.05) is 0 Å². The molecule has 1 aromatic carbocycles. The minimum Gasteiger partial charge on any atom is -0.508 e. The van der Waals surface area contributed by atoms with Gasteiger partial charge in [-0.1, -0.05) is 12.1 Å². The summed E-state index contributed by atoms with van der Waals surface area (Å²) >= 11 is 11.8. The van der Waals surface area contributed by atoms with E-state index in [4.69, 9.17) is 23.2 Å². The molecule has 0 bridgehead atoms. The zero-order chi connectivity index (χ0) is 16.3. The Kier molecular flexibility index (Phi) is 5.19. The van der Waals surface area contributed by atoms with E-state index in [9.17, 15) is 14.7 Å². The topological polar surface area (TPSA) is 78.4 Å². The van der Waals surface area contributed by atoms with E-state index in [1.165, 1.54) is 6.92 Å². The van der Waals surface area contributed by atoms with Crippen LogP contribution in [0.4, 0.5) is 0 Å². The highest BCUT2D eigenvalue weighted by atomic mass is 35.5. The molecule has 7 heteroatoms. The van der Waals surface area contributed by atoms with Crippen molar-refractivity contribution in [3.05, 3.63) is 29.8 Å². The molecule has 0 aliphatic heterocycles. The number of hydrogen-bond donors (Lipinski definition) is 3. The van der Waals surface area contributed by atoms with Gasteiger partial charge in [-0.25, -0.2) is 0 Å². The first kappa shape index (κ1) is 16.9. The Morgan fingerprint density at radius 1 is 1.32 bits per heavy atom. The monoisotopic (exact) mass is 344 g/mol. The lowest BCUT2D eigenvalue weighted by Crippen LogP contribution is -2.55. The molecule has 120 valence electrons. The molecule has 1 atom stereocenters. The summed E-state index contributed by atoms with van der Waals surface area (Å²) in [6.45, 7) is 1.36.